The highest BCUT2D eigenvalue weighted by Crippen LogP contribution is 2.17. The number of hydrogen-bond acceptors (Lipinski definition) is 7. The van der Waals surface area contributed by atoms with Crippen LogP contribution in [0.1, 0.15) is 0 Å². The van der Waals surface area contributed by atoms with E-state index in [9.17, 15) is 0 Å². The van der Waals surface area contributed by atoms with Gasteiger partial charge in [0.05, 0.1) is 14.2 Å². The average Bonchev–Trinajstić information content (AvgIpc) is 2.47. The third-order valence-electron chi connectivity index (χ3n) is 3.00. The Labute approximate surface area is 117 Å². The topological polar surface area (TPSA) is 63.6 Å². The van der Waals surface area contributed by atoms with Crippen LogP contribution in [0.3, 0.4) is 0 Å². The molecule has 0 unspecified atom stereocenters. The van der Waals surface area contributed by atoms with Crippen LogP contribution in [-0.4, -0.2) is 72.7 Å². The van der Waals surface area contributed by atoms with Gasteiger partial charge in [-0.05, 0) is 0 Å². The standard InChI is InChI=1S/C11H18ClN5O2/c1-18-10-13-9(14-11(15-10)19-2)17-7-5-16(4-3-12)6-8-17/h3-8H2,1-2H3. The lowest BCUT2D eigenvalue weighted by molar-refractivity contribution is 0.269. The predicted octanol–water partition coefficient (Wildman–Crippen LogP) is 0.250. The van der Waals surface area contributed by atoms with E-state index in [2.05, 4.69) is 24.8 Å². The molecule has 2 heterocycles. The fourth-order valence-electron chi connectivity index (χ4n) is 1.94. The Balaban J connectivity index is 2.06. The fourth-order valence-corrected chi connectivity index (χ4v) is 2.18. The van der Waals surface area contributed by atoms with E-state index in [-0.39, 0.29) is 12.0 Å². The van der Waals surface area contributed by atoms with Gasteiger partial charge in [0.15, 0.2) is 0 Å². The molecule has 1 aliphatic heterocycles. The molecule has 0 aromatic carbocycles. The summed E-state index contributed by atoms with van der Waals surface area (Å²) in [5.74, 6) is 1.25. The number of piperazine rings is 1. The second-order valence-corrected chi connectivity index (χ2v) is 4.50. The van der Waals surface area contributed by atoms with Gasteiger partial charge in [-0.1, -0.05) is 0 Å². The van der Waals surface area contributed by atoms with Crippen LogP contribution in [0, 0.1) is 0 Å². The minimum atomic E-state index is 0.269. The van der Waals surface area contributed by atoms with Gasteiger partial charge in [0.2, 0.25) is 5.95 Å². The van der Waals surface area contributed by atoms with Crippen molar-refractivity contribution >= 4 is 17.5 Å². The van der Waals surface area contributed by atoms with Gasteiger partial charge < -0.3 is 14.4 Å². The summed E-state index contributed by atoms with van der Waals surface area (Å²) >= 11 is 5.75. The first-order valence-electron chi connectivity index (χ1n) is 6.14. The van der Waals surface area contributed by atoms with Gasteiger partial charge in [0.25, 0.3) is 0 Å². The lowest BCUT2D eigenvalue weighted by atomic mass is 10.3. The minimum Gasteiger partial charge on any atom is -0.467 e. The predicted molar refractivity (Wildman–Crippen MR) is 72.3 cm³/mol. The molecular formula is C11H18ClN5O2. The van der Waals surface area contributed by atoms with E-state index in [1.807, 2.05) is 0 Å². The summed E-state index contributed by atoms with van der Waals surface area (Å²) in [5.41, 5.74) is 0. The van der Waals surface area contributed by atoms with Crippen LogP contribution in [0.2, 0.25) is 0 Å². The Bertz CT molecular complexity index is 390. The Morgan fingerprint density at radius 3 is 2.05 bits per heavy atom. The molecule has 1 fully saturated rings. The number of rotatable bonds is 5. The normalized spacial score (nSPS) is 16.5. The number of alkyl halides is 1. The van der Waals surface area contributed by atoms with Crippen LogP contribution in [0.4, 0.5) is 5.95 Å². The highest BCUT2D eigenvalue weighted by molar-refractivity contribution is 6.18. The van der Waals surface area contributed by atoms with Gasteiger partial charge in [-0.25, -0.2) is 0 Å². The third-order valence-corrected chi connectivity index (χ3v) is 3.17. The smallest absolute Gasteiger partial charge is 0.324 e. The number of anilines is 1. The molecule has 1 aliphatic rings. The Morgan fingerprint density at radius 2 is 1.58 bits per heavy atom. The highest BCUT2D eigenvalue weighted by Gasteiger charge is 2.20. The van der Waals surface area contributed by atoms with Crippen molar-refractivity contribution in [2.45, 2.75) is 0 Å². The van der Waals surface area contributed by atoms with Crippen molar-refractivity contribution in [3.05, 3.63) is 0 Å². The molecule has 2 rings (SSSR count). The van der Waals surface area contributed by atoms with E-state index in [0.717, 1.165) is 32.7 Å². The number of halogens is 1. The minimum absolute atomic E-state index is 0.269. The lowest BCUT2D eigenvalue weighted by Crippen LogP contribution is -2.47. The van der Waals surface area contributed by atoms with Crippen molar-refractivity contribution in [2.75, 3.05) is 57.7 Å². The first kappa shape index (κ1) is 14.1. The molecule has 0 radical (unpaired) electrons. The summed E-state index contributed by atoms with van der Waals surface area (Å²) in [7, 11) is 3.05. The monoisotopic (exact) mass is 287 g/mol. The maximum absolute atomic E-state index is 5.75. The molecule has 0 spiro atoms. The zero-order chi connectivity index (χ0) is 13.7. The van der Waals surface area contributed by atoms with Gasteiger partial charge >= 0.3 is 12.0 Å². The molecule has 0 atom stereocenters. The SMILES string of the molecule is COc1nc(OC)nc(N2CCN(CCCl)CC2)n1. The molecule has 106 valence electrons. The molecule has 1 aromatic rings. The van der Waals surface area contributed by atoms with Gasteiger partial charge in [-0.3, -0.25) is 4.90 Å². The molecule has 8 heteroatoms. The Morgan fingerprint density at radius 1 is 1.00 bits per heavy atom. The molecular weight excluding hydrogens is 270 g/mol. The number of methoxy groups -OCH3 is 2. The Hall–Kier alpha value is -1.34. The number of aromatic nitrogens is 3. The summed E-state index contributed by atoms with van der Waals surface area (Å²) in [6.07, 6.45) is 0. The van der Waals surface area contributed by atoms with Crippen molar-refractivity contribution in [3.8, 4) is 12.0 Å². The zero-order valence-electron chi connectivity index (χ0n) is 11.2. The maximum Gasteiger partial charge on any atom is 0.324 e. The van der Waals surface area contributed by atoms with Crippen molar-refractivity contribution in [1.82, 2.24) is 19.9 Å². The van der Waals surface area contributed by atoms with Gasteiger partial charge in [-0.2, -0.15) is 9.97 Å². The highest BCUT2D eigenvalue weighted by atomic mass is 35.5. The average molecular weight is 288 g/mol. The molecule has 1 aromatic heterocycles. The summed E-state index contributed by atoms with van der Waals surface area (Å²) < 4.78 is 10.1. The quantitative estimate of drug-likeness (QED) is 0.719. The molecule has 0 amide bonds. The van der Waals surface area contributed by atoms with E-state index < -0.39 is 0 Å². The molecule has 0 N–H and O–H groups in total. The van der Waals surface area contributed by atoms with Gasteiger partial charge in [-0.15, -0.1) is 16.6 Å². The van der Waals surface area contributed by atoms with Gasteiger partial charge in [0, 0.05) is 38.6 Å². The molecule has 0 aliphatic carbocycles. The molecule has 19 heavy (non-hydrogen) atoms. The van der Waals surface area contributed by atoms with Crippen LogP contribution in [-0.2, 0) is 0 Å². The zero-order valence-corrected chi connectivity index (χ0v) is 11.9. The summed E-state index contributed by atoms with van der Waals surface area (Å²) in [5, 5.41) is 0. The van der Waals surface area contributed by atoms with Crippen molar-refractivity contribution in [3.63, 3.8) is 0 Å². The van der Waals surface area contributed by atoms with E-state index in [4.69, 9.17) is 21.1 Å². The van der Waals surface area contributed by atoms with E-state index >= 15 is 0 Å². The summed E-state index contributed by atoms with van der Waals surface area (Å²) in [6.45, 7) is 4.52. The van der Waals surface area contributed by atoms with E-state index in [0.29, 0.717) is 11.8 Å². The molecule has 1 saturated heterocycles. The fraction of sp³-hybridized carbons (Fsp3) is 0.727. The van der Waals surface area contributed by atoms with Crippen LogP contribution in [0.25, 0.3) is 0 Å². The molecule has 0 bridgehead atoms. The molecule has 7 nitrogen and oxygen atoms in total. The first-order valence-corrected chi connectivity index (χ1v) is 6.67. The van der Waals surface area contributed by atoms with E-state index in [1.54, 1.807) is 0 Å². The third kappa shape index (κ3) is 3.57. The van der Waals surface area contributed by atoms with Crippen LogP contribution in [0.15, 0.2) is 0 Å². The Kier molecular flexibility index (Phi) is 4.98. The second kappa shape index (κ2) is 6.72. The summed E-state index contributed by atoms with van der Waals surface area (Å²) in [6, 6.07) is 0.537. The lowest BCUT2D eigenvalue weighted by Gasteiger charge is -2.34. The van der Waals surface area contributed by atoms with Crippen LogP contribution in [0.5, 0.6) is 12.0 Å². The second-order valence-electron chi connectivity index (χ2n) is 4.13. The molecule has 0 saturated carbocycles. The summed E-state index contributed by atoms with van der Waals surface area (Å²) in [4.78, 5) is 16.9. The number of hydrogen-bond donors (Lipinski definition) is 0. The van der Waals surface area contributed by atoms with Crippen LogP contribution >= 0.6 is 11.6 Å². The van der Waals surface area contributed by atoms with Crippen molar-refractivity contribution in [2.24, 2.45) is 0 Å². The van der Waals surface area contributed by atoms with Gasteiger partial charge in [0.1, 0.15) is 0 Å². The first-order chi connectivity index (χ1) is 9.26. The number of ether oxygens (including phenoxy) is 2. The number of nitrogens with zero attached hydrogens (tertiary/aromatic N) is 5. The van der Waals surface area contributed by atoms with Crippen LogP contribution < -0.4 is 14.4 Å². The largest absolute Gasteiger partial charge is 0.467 e. The maximum atomic E-state index is 5.75. The van der Waals surface area contributed by atoms with Crippen molar-refractivity contribution < 1.29 is 9.47 Å². The van der Waals surface area contributed by atoms with Crippen molar-refractivity contribution in [1.29, 1.82) is 0 Å². The van der Waals surface area contributed by atoms with E-state index in [1.165, 1.54) is 14.2 Å².